The van der Waals surface area contributed by atoms with Gasteiger partial charge in [-0.3, -0.25) is 14.5 Å². The van der Waals surface area contributed by atoms with E-state index in [4.69, 9.17) is 5.73 Å². The van der Waals surface area contributed by atoms with Gasteiger partial charge in [0.05, 0.1) is 13.2 Å². The first-order valence-corrected chi connectivity index (χ1v) is 5.84. The molecule has 1 saturated heterocycles. The van der Waals surface area contributed by atoms with Gasteiger partial charge in [0.1, 0.15) is 6.04 Å². The molecule has 2 atom stereocenters. The summed E-state index contributed by atoms with van der Waals surface area (Å²) in [5, 5.41) is 2.51. The predicted octanol–water partition coefficient (Wildman–Crippen LogP) is -1.39. The van der Waals surface area contributed by atoms with Crippen LogP contribution in [0.4, 0.5) is 0 Å². The van der Waals surface area contributed by atoms with E-state index in [1.165, 1.54) is 14.0 Å². The quantitative estimate of drug-likeness (QED) is 0.591. The number of nitrogens with two attached hydrogens (primary N) is 1. The zero-order valence-electron chi connectivity index (χ0n) is 10.6. The minimum absolute atomic E-state index is 0.236. The first-order valence-electron chi connectivity index (χ1n) is 5.84. The molecule has 0 saturated carbocycles. The van der Waals surface area contributed by atoms with Gasteiger partial charge in [0.25, 0.3) is 0 Å². The Morgan fingerprint density at radius 3 is 2.67 bits per heavy atom. The molecule has 0 aliphatic carbocycles. The summed E-state index contributed by atoms with van der Waals surface area (Å²) in [6.07, 6.45) is 1.53. The first-order chi connectivity index (χ1) is 8.45. The standard InChI is InChI=1S/C11H19N3O4/c1-7(15)13-8(11(17)18-2)6-14-5-3-4-9(14)10(12)16/h8-9H,3-6H2,1-2H3,(H2,12,16)(H,13,15). The predicted molar refractivity (Wildman–Crippen MR) is 63.4 cm³/mol. The third kappa shape index (κ3) is 3.69. The summed E-state index contributed by atoms with van der Waals surface area (Å²) in [7, 11) is 1.26. The zero-order valence-corrected chi connectivity index (χ0v) is 10.6. The van der Waals surface area contributed by atoms with Gasteiger partial charge >= 0.3 is 5.97 Å². The second kappa shape index (κ2) is 6.34. The van der Waals surface area contributed by atoms with Crippen LogP contribution in [0.2, 0.25) is 0 Å². The fraction of sp³-hybridized carbons (Fsp3) is 0.727. The molecule has 1 heterocycles. The monoisotopic (exact) mass is 257 g/mol. The summed E-state index contributed by atoms with van der Waals surface area (Å²) in [6, 6.07) is -1.14. The van der Waals surface area contributed by atoms with Crippen molar-refractivity contribution >= 4 is 17.8 Å². The van der Waals surface area contributed by atoms with E-state index < -0.39 is 17.9 Å². The van der Waals surface area contributed by atoms with E-state index in [2.05, 4.69) is 10.1 Å². The van der Waals surface area contributed by atoms with Crippen LogP contribution in [0.3, 0.4) is 0 Å². The SMILES string of the molecule is COC(=O)C(CN1CCCC1C(N)=O)NC(C)=O. The van der Waals surface area contributed by atoms with Gasteiger partial charge in [-0.2, -0.15) is 0 Å². The molecule has 0 aromatic heterocycles. The summed E-state index contributed by atoms with van der Waals surface area (Å²) in [5.41, 5.74) is 5.29. The number of methoxy groups -OCH3 is 1. The Hall–Kier alpha value is -1.63. The molecule has 3 N–H and O–H groups in total. The van der Waals surface area contributed by atoms with E-state index in [1.807, 2.05) is 0 Å². The number of nitrogens with one attached hydrogen (secondary N) is 1. The Morgan fingerprint density at radius 2 is 2.17 bits per heavy atom. The van der Waals surface area contributed by atoms with E-state index >= 15 is 0 Å². The number of amides is 2. The van der Waals surface area contributed by atoms with Crippen molar-refractivity contribution in [1.29, 1.82) is 0 Å². The number of rotatable bonds is 5. The second-order valence-corrected chi connectivity index (χ2v) is 4.33. The van der Waals surface area contributed by atoms with Crippen molar-refractivity contribution in [2.24, 2.45) is 5.73 Å². The average Bonchev–Trinajstić information content (AvgIpc) is 2.74. The molecular weight excluding hydrogens is 238 g/mol. The van der Waals surface area contributed by atoms with Gasteiger partial charge in [0, 0.05) is 13.5 Å². The fourth-order valence-corrected chi connectivity index (χ4v) is 2.17. The number of hydrogen-bond acceptors (Lipinski definition) is 5. The smallest absolute Gasteiger partial charge is 0.329 e. The largest absolute Gasteiger partial charge is 0.467 e. The highest BCUT2D eigenvalue weighted by molar-refractivity contribution is 5.84. The van der Waals surface area contributed by atoms with E-state index in [0.29, 0.717) is 13.0 Å². The van der Waals surface area contributed by atoms with Crippen molar-refractivity contribution in [3.8, 4) is 0 Å². The summed E-state index contributed by atoms with van der Waals surface area (Å²) < 4.78 is 4.62. The van der Waals surface area contributed by atoms with Crippen LogP contribution in [0.5, 0.6) is 0 Å². The van der Waals surface area contributed by atoms with Crippen molar-refractivity contribution in [3.05, 3.63) is 0 Å². The number of nitrogens with zero attached hydrogens (tertiary/aromatic N) is 1. The molecule has 1 aliphatic rings. The number of hydrogen-bond donors (Lipinski definition) is 2. The van der Waals surface area contributed by atoms with Crippen LogP contribution in [0, 0.1) is 0 Å². The number of ether oxygens (including phenoxy) is 1. The molecule has 1 rings (SSSR count). The van der Waals surface area contributed by atoms with Crippen LogP contribution in [0.15, 0.2) is 0 Å². The Kier molecular flexibility index (Phi) is 5.08. The van der Waals surface area contributed by atoms with Gasteiger partial charge in [-0.05, 0) is 19.4 Å². The van der Waals surface area contributed by atoms with Gasteiger partial charge in [0.15, 0.2) is 0 Å². The zero-order chi connectivity index (χ0) is 13.7. The van der Waals surface area contributed by atoms with Crippen molar-refractivity contribution < 1.29 is 19.1 Å². The van der Waals surface area contributed by atoms with Gasteiger partial charge < -0.3 is 15.8 Å². The van der Waals surface area contributed by atoms with Gasteiger partial charge in [-0.25, -0.2) is 4.79 Å². The number of carbonyl (C=O) groups is 3. The Bertz CT molecular complexity index is 345. The molecule has 1 aliphatic heterocycles. The highest BCUT2D eigenvalue weighted by Crippen LogP contribution is 2.17. The van der Waals surface area contributed by atoms with E-state index in [0.717, 1.165) is 6.42 Å². The third-order valence-corrected chi connectivity index (χ3v) is 2.97. The third-order valence-electron chi connectivity index (χ3n) is 2.97. The molecule has 0 bridgehead atoms. The molecule has 1 fully saturated rings. The van der Waals surface area contributed by atoms with Crippen LogP contribution in [0.1, 0.15) is 19.8 Å². The maximum atomic E-state index is 11.5. The van der Waals surface area contributed by atoms with Crippen LogP contribution >= 0.6 is 0 Å². The summed E-state index contributed by atoms with van der Waals surface area (Å²) >= 11 is 0. The molecule has 0 radical (unpaired) electrons. The summed E-state index contributed by atoms with van der Waals surface area (Å²) in [4.78, 5) is 35.6. The normalized spacial score (nSPS) is 21.3. The molecule has 2 amide bonds. The lowest BCUT2D eigenvalue weighted by Gasteiger charge is -2.26. The highest BCUT2D eigenvalue weighted by Gasteiger charge is 2.33. The molecule has 18 heavy (non-hydrogen) atoms. The number of primary amides is 1. The van der Waals surface area contributed by atoms with Gasteiger partial charge in [-0.1, -0.05) is 0 Å². The molecule has 0 aromatic carbocycles. The van der Waals surface area contributed by atoms with E-state index in [1.54, 1.807) is 4.90 Å². The number of likely N-dealkylation sites (tertiary alicyclic amines) is 1. The maximum absolute atomic E-state index is 11.5. The fourth-order valence-electron chi connectivity index (χ4n) is 2.17. The van der Waals surface area contributed by atoms with Crippen LogP contribution in [-0.4, -0.2) is 55.0 Å². The molecule has 0 spiro atoms. The Labute approximate surface area is 106 Å². The van der Waals surface area contributed by atoms with Crippen molar-refractivity contribution in [3.63, 3.8) is 0 Å². The number of esters is 1. The van der Waals surface area contributed by atoms with Crippen LogP contribution < -0.4 is 11.1 Å². The highest BCUT2D eigenvalue weighted by atomic mass is 16.5. The van der Waals surface area contributed by atoms with Crippen LogP contribution in [0.25, 0.3) is 0 Å². The average molecular weight is 257 g/mol. The maximum Gasteiger partial charge on any atom is 0.329 e. The molecule has 2 unspecified atom stereocenters. The first kappa shape index (κ1) is 14.4. The summed E-state index contributed by atoms with van der Waals surface area (Å²) in [6.45, 7) is 2.24. The molecule has 0 aromatic rings. The van der Waals surface area contributed by atoms with E-state index in [-0.39, 0.29) is 18.5 Å². The molecule has 7 nitrogen and oxygen atoms in total. The lowest BCUT2D eigenvalue weighted by Crippen LogP contribution is -2.51. The topological polar surface area (TPSA) is 102 Å². The molecular formula is C11H19N3O4. The van der Waals surface area contributed by atoms with Gasteiger partial charge in [0.2, 0.25) is 11.8 Å². The Balaban J connectivity index is 2.67. The Morgan fingerprint density at radius 1 is 1.50 bits per heavy atom. The summed E-state index contributed by atoms with van der Waals surface area (Å²) in [5.74, 6) is -1.25. The second-order valence-electron chi connectivity index (χ2n) is 4.33. The van der Waals surface area contributed by atoms with Crippen LogP contribution in [-0.2, 0) is 19.1 Å². The van der Waals surface area contributed by atoms with E-state index in [9.17, 15) is 14.4 Å². The van der Waals surface area contributed by atoms with Crippen molar-refractivity contribution in [2.75, 3.05) is 20.2 Å². The lowest BCUT2D eigenvalue weighted by atomic mass is 10.2. The lowest BCUT2D eigenvalue weighted by molar-refractivity contribution is -0.145. The number of carbonyl (C=O) groups excluding carboxylic acids is 3. The minimum Gasteiger partial charge on any atom is -0.467 e. The van der Waals surface area contributed by atoms with Gasteiger partial charge in [-0.15, -0.1) is 0 Å². The van der Waals surface area contributed by atoms with Crippen molar-refractivity contribution in [2.45, 2.75) is 31.8 Å². The molecule has 7 heteroatoms. The molecule has 102 valence electrons. The van der Waals surface area contributed by atoms with Crippen molar-refractivity contribution in [1.82, 2.24) is 10.2 Å². The minimum atomic E-state index is -0.771.